The highest BCUT2D eigenvalue weighted by molar-refractivity contribution is 7.09. The highest BCUT2D eigenvalue weighted by Gasteiger charge is 2.10. The Labute approximate surface area is 121 Å². The molecule has 1 atom stereocenters. The van der Waals surface area contributed by atoms with E-state index >= 15 is 0 Å². The first-order valence-corrected chi connectivity index (χ1v) is 7.29. The standard InChI is InChI=1S/C13H14Cl2N2S/c1-8(16-2)12-7-18-13(17-12)5-9-3-4-10(14)6-11(9)15/h3-4,6-8,16H,5H2,1-2H3. The summed E-state index contributed by atoms with van der Waals surface area (Å²) in [6, 6.07) is 5.85. The molecule has 18 heavy (non-hydrogen) atoms. The molecule has 2 rings (SSSR count). The Morgan fingerprint density at radius 2 is 2.17 bits per heavy atom. The van der Waals surface area contributed by atoms with E-state index in [9.17, 15) is 0 Å². The van der Waals surface area contributed by atoms with Crippen molar-refractivity contribution in [2.75, 3.05) is 7.05 Å². The monoisotopic (exact) mass is 300 g/mol. The molecule has 1 unspecified atom stereocenters. The van der Waals surface area contributed by atoms with Crippen LogP contribution in [0.15, 0.2) is 23.6 Å². The Kier molecular flexibility index (Phi) is 4.62. The summed E-state index contributed by atoms with van der Waals surface area (Å²) in [5.41, 5.74) is 2.13. The summed E-state index contributed by atoms with van der Waals surface area (Å²) in [4.78, 5) is 4.60. The van der Waals surface area contributed by atoms with Crippen LogP contribution in [0.25, 0.3) is 0 Å². The molecule has 0 aliphatic heterocycles. The Hall–Kier alpha value is -0.610. The summed E-state index contributed by atoms with van der Waals surface area (Å²) < 4.78 is 0. The molecule has 0 saturated heterocycles. The fourth-order valence-electron chi connectivity index (χ4n) is 1.58. The van der Waals surface area contributed by atoms with Crippen LogP contribution >= 0.6 is 34.5 Å². The molecule has 5 heteroatoms. The van der Waals surface area contributed by atoms with Crippen molar-refractivity contribution < 1.29 is 0 Å². The van der Waals surface area contributed by atoms with Gasteiger partial charge < -0.3 is 5.32 Å². The summed E-state index contributed by atoms with van der Waals surface area (Å²) in [7, 11) is 1.93. The first kappa shape index (κ1) is 13.8. The van der Waals surface area contributed by atoms with Gasteiger partial charge in [-0.1, -0.05) is 29.3 Å². The molecule has 2 nitrogen and oxygen atoms in total. The summed E-state index contributed by atoms with van der Waals surface area (Å²) in [5, 5.41) is 7.68. The lowest BCUT2D eigenvalue weighted by atomic mass is 10.1. The Bertz CT molecular complexity index is 540. The summed E-state index contributed by atoms with van der Waals surface area (Å²) in [6.45, 7) is 2.09. The topological polar surface area (TPSA) is 24.9 Å². The number of nitrogens with zero attached hydrogens (tertiary/aromatic N) is 1. The van der Waals surface area contributed by atoms with Gasteiger partial charge in [0, 0.05) is 27.9 Å². The molecule has 0 bridgehead atoms. The van der Waals surface area contributed by atoms with Crippen LogP contribution in [-0.2, 0) is 6.42 Å². The maximum Gasteiger partial charge on any atom is 0.0973 e. The van der Waals surface area contributed by atoms with Gasteiger partial charge in [-0.25, -0.2) is 4.98 Å². The van der Waals surface area contributed by atoms with Gasteiger partial charge in [0.1, 0.15) is 0 Å². The number of nitrogens with one attached hydrogen (secondary N) is 1. The van der Waals surface area contributed by atoms with E-state index in [2.05, 4.69) is 22.6 Å². The van der Waals surface area contributed by atoms with Gasteiger partial charge in [-0.2, -0.15) is 0 Å². The van der Waals surface area contributed by atoms with E-state index in [1.807, 2.05) is 19.2 Å². The van der Waals surface area contributed by atoms with Crippen molar-refractivity contribution in [3.63, 3.8) is 0 Å². The van der Waals surface area contributed by atoms with E-state index in [1.165, 1.54) is 0 Å². The zero-order chi connectivity index (χ0) is 13.1. The fourth-order valence-corrected chi connectivity index (χ4v) is 2.97. The van der Waals surface area contributed by atoms with Gasteiger partial charge in [-0.05, 0) is 31.7 Å². The number of thiazole rings is 1. The zero-order valence-corrected chi connectivity index (χ0v) is 12.5. The molecule has 1 aromatic heterocycles. The number of aromatic nitrogens is 1. The summed E-state index contributed by atoms with van der Waals surface area (Å²) in [5.74, 6) is 0. The molecule has 0 aliphatic rings. The zero-order valence-electron chi connectivity index (χ0n) is 10.2. The summed E-state index contributed by atoms with van der Waals surface area (Å²) in [6.07, 6.45) is 0.747. The Balaban J connectivity index is 2.16. The molecule has 0 spiro atoms. The van der Waals surface area contributed by atoms with Crippen LogP contribution in [0.3, 0.4) is 0 Å². The first-order valence-electron chi connectivity index (χ1n) is 5.65. The van der Waals surface area contributed by atoms with E-state index in [0.29, 0.717) is 10.0 Å². The molecular formula is C13H14Cl2N2S. The maximum absolute atomic E-state index is 6.16. The molecule has 1 heterocycles. The van der Waals surface area contributed by atoms with Crippen LogP contribution in [0.4, 0.5) is 0 Å². The largest absolute Gasteiger partial charge is 0.312 e. The normalized spacial score (nSPS) is 12.7. The molecule has 0 fully saturated rings. The van der Waals surface area contributed by atoms with Crippen LogP contribution in [-0.4, -0.2) is 12.0 Å². The van der Waals surface area contributed by atoms with Gasteiger partial charge in [-0.3, -0.25) is 0 Å². The third-order valence-corrected chi connectivity index (χ3v) is 4.26. The van der Waals surface area contributed by atoms with Crippen molar-refractivity contribution >= 4 is 34.5 Å². The number of hydrogen-bond donors (Lipinski definition) is 1. The van der Waals surface area contributed by atoms with E-state index in [1.54, 1.807) is 17.4 Å². The van der Waals surface area contributed by atoms with Crippen molar-refractivity contribution in [3.8, 4) is 0 Å². The van der Waals surface area contributed by atoms with Crippen LogP contribution < -0.4 is 5.32 Å². The predicted octanol–water partition coefficient (Wildman–Crippen LogP) is 4.32. The SMILES string of the molecule is CNC(C)c1csc(Cc2ccc(Cl)cc2Cl)n1. The van der Waals surface area contributed by atoms with Gasteiger partial charge in [-0.15, -0.1) is 11.3 Å². The molecule has 96 valence electrons. The second-order valence-electron chi connectivity index (χ2n) is 4.09. The summed E-state index contributed by atoms with van der Waals surface area (Å²) >= 11 is 13.7. The van der Waals surface area contributed by atoms with Gasteiger partial charge in [0.25, 0.3) is 0 Å². The quantitative estimate of drug-likeness (QED) is 0.909. The van der Waals surface area contributed by atoms with Crippen LogP contribution in [0.5, 0.6) is 0 Å². The predicted molar refractivity (Wildman–Crippen MR) is 78.9 cm³/mol. The fraction of sp³-hybridized carbons (Fsp3) is 0.308. The molecule has 1 N–H and O–H groups in total. The number of rotatable bonds is 4. The lowest BCUT2D eigenvalue weighted by Gasteiger charge is -2.05. The number of hydrogen-bond acceptors (Lipinski definition) is 3. The average Bonchev–Trinajstić information content (AvgIpc) is 2.80. The molecule has 2 aromatic rings. The van der Waals surface area contributed by atoms with Crippen molar-refractivity contribution in [2.45, 2.75) is 19.4 Å². The highest BCUT2D eigenvalue weighted by Crippen LogP contribution is 2.25. The van der Waals surface area contributed by atoms with Crippen molar-refractivity contribution in [3.05, 3.63) is 49.9 Å². The maximum atomic E-state index is 6.16. The van der Waals surface area contributed by atoms with E-state index in [0.717, 1.165) is 22.7 Å². The van der Waals surface area contributed by atoms with E-state index in [-0.39, 0.29) is 6.04 Å². The van der Waals surface area contributed by atoms with Crippen LogP contribution in [0.2, 0.25) is 10.0 Å². The van der Waals surface area contributed by atoms with Crippen LogP contribution in [0, 0.1) is 0 Å². The number of benzene rings is 1. The van der Waals surface area contributed by atoms with Gasteiger partial charge in [0.15, 0.2) is 0 Å². The lowest BCUT2D eigenvalue weighted by molar-refractivity contribution is 0.635. The van der Waals surface area contributed by atoms with Crippen molar-refractivity contribution in [1.82, 2.24) is 10.3 Å². The molecule has 0 saturated carbocycles. The minimum atomic E-state index is 0.274. The second-order valence-corrected chi connectivity index (χ2v) is 5.88. The van der Waals surface area contributed by atoms with E-state index < -0.39 is 0 Å². The minimum absolute atomic E-state index is 0.274. The number of halogens is 2. The van der Waals surface area contributed by atoms with Crippen molar-refractivity contribution in [1.29, 1.82) is 0 Å². The molecular weight excluding hydrogens is 287 g/mol. The van der Waals surface area contributed by atoms with E-state index in [4.69, 9.17) is 23.2 Å². The van der Waals surface area contributed by atoms with Gasteiger partial charge in [0.2, 0.25) is 0 Å². The third kappa shape index (κ3) is 3.23. The average molecular weight is 301 g/mol. The Morgan fingerprint density at radius 1 is 1.39 bits per heavy atom. The van der Waals surface area contributed by atoms with Gasteiger partial charge in [0.05, 0.1) is 10.7 Å². The lowest BCUT2D eigenvalue weighted by Crippen LogP contribution is -2.12. The van der Waals surface area contributed by atoms with Gasteiger partial charge >= 0.3 is 0 Å². The minimum Gasteiger partial charge on any atom is -0.312 e. The van der Waals surface area contributed by atoms with Crippen LogP contribution in [0.1, 0.15) is 29.2 Å². The second kappa shape index (κ2) is 6.02. The molecule has 0 amide bonds. The highest BCUT2D eigenvalue weighted by atomic mass is 35.5. The Morgan fingerprint density at radius 3 is 2.83 bits per heavy atom. The smallest absolute Gasteiger partial charge is 0.0973 e. The first-order chi connectivity index (χ1) is 8.60. The molecule has 0 aliphatic carbocycles. The third-order valence-electron chi connectivity index (χ3n) is 2.80. The molecule has 1 aromatic carbocycles. The molecule has 0 radical (unpaired) electrons. The van der Waals surface area contributed by atoms with Crippen molar-refractivity contribution in [2.24, 2.45) is 0 Å².